The number of likely N-dealkylation sites (N-methyl/N-ethyl adjacent to an activating group) is 1. The first-order valence-corrected chi connectivity index (χ1v) is 7.61. The highest BCUT2D eigenvalue weighted by Gasteiger charge is 2.31. The van der Waals surface area contributed by atoms with E-state index in [-0.39, 0.29) is 5.91 Å². The Balaban J connectivity index is 2.50. The minimum absolute atomic E-state index is 0.0520. The molecule has 1 rings (SSSR count). The lowest BCUT2D eigenvalue weighted by molar-refractivity contribution is -0.119. The molecule has 112 valence electrons. The first-order chi connectivity index (χ1) is 9.10. The number of nitrogens with one attached hydrogen (secondary N) is 1. The molecule has 4 nitrogen and oxygen atoms in total. The molecule has 1 saturated carbocycles. The fourth-order valence-corrected chi connectivity index (χ4v) is 3.27. The molecule has 0 radical (unpaired) electrons. The van der Waals surface area contributed by atoms with Crippen LogP contribution in [0.2, 0.25) is 0 Å². The lowest BCUT2D eigenvalue weighted by Gasteiger charge is -2.40. The topological polar surface area (TPSA) is 41.6 Å². The molecule has 4 heteroatoms. The number of hydrogen-bond acceptors (Lipinski definition) is 3. The van der Waals surface area contributed by atoms with Crippen molar-refractivity contribution in [3.63, 3.8) is 0 Å². The van der Waals surface area contributed by atoms with E-state index in [0.29, 0.717) is 18.1 Å². The van der Waals surface area contributed by atoms with Gasteiger partial charge in [-0.15, -0.1) is 0 Å². The third-order valence-corrected chi connectivity index (χ3v) is 4.43. The average Bonchev–Trinajstić information content (AvgIpc) is 2.42. The van der Waals surface area contributed by atoms with E-state index in [1.807, 2.05) is 7.11 Å². The second-order valence-corrected chi connectivity index (χ2v) is 5.57. The largest absolute Gasteiger partial charge is 0.381 e. The van der Waals surface area contributed by atoms with E-state index in [9.17, 15) is 4.79 Å². The van der Waals surface area contributed by atoms with Gasteiger partial charge in [0, 0.05) is 39.1 Å². The van der Waals surface area contributed by atoms with Gasteiger partial charge in [0.25, 0.3) is 0 Å². The Kier molecular flexibility index (Phi) is 7.39. The fraction of sp³-hybridized carbons (Fsp3) is 0.933. The van der Waals surface area contributed by atoms with Gasteiger partial charge in [0.05, 0.1) is 6.10 Å². The zero-order valence-corrected chi connectivity index (χ0v) is 12.9. The standard InChI is InChI=1S/C15H30N2O2/c1-5-17(11-10-16-13(3)18)12(2)14-8-6-7-9-15(14)19-4/h12,14-15H,5-11H2,1-4H3,(H,16,18). The summed E-state index contributed by atoms with van der Waals surface area (Å²) in [6.45, 7) is 8.74. The Morgan fingerprint density at radius 3 is 2.68 bits per heavy atom. The molecule has 1 amide bonds. The summed E-state index contributed by atoms with van der Waals surface area (Å²) in [4.78, 5) is 13.4. The van der Waals surface area contributed by atoms with Crippen molar-refractivity contribution in [3.05, 3.63) is 0 Å². The number of carbonyl (C=O) groups excluding carboxylic acids is 1. The SMILES string of the molecule is CCN(CCNC(C)=O)C(C)C1CCCCC1OC. The summed E-state index contributed by atoms with van der Waals surface area (Å²) in [5, 5.41) is 2.88. The minimum Gasteiger partial charge on any atom is -0.381 e. The van der Waals surface area contributed by atoms with E-state index >= 15 is 0 Å². The Hall–Kier alpha value is -0.610. The van der Waals surface area contributed by atoms with Gasteiger partial charge in [-0.2, -0.15) is 0 Å². The molecular formula is C15H30N2O2. The van der Waals surface area contributed by atoms with Crippen molar-refractivity contribution in [2.45, 2.75) is 58.6 Å². The molecule has 0 aliphatic heterocycles. The van der Waals surface area contributed by atoms with Gasteiger partial charge in [0.15, 0.2) is 0 Å². The van der Waals surface area contributed by atoms with Crippen LogP contribution in [0.5, 0.6) is 0 Å². The Morgan fingerprint density at radius 2 is 2.11 bits per heavy atom. The van der Waals surface area contributed by atoms with Crippen LogP contribution in [0, 0.1) is 5.92 Å². The van der Waals surface area contributed by atoms with Crippen molar-refractivity contribution < 1.29 is 9.53 Å². The molecular weight excluding hydrogens is 240 g/mol. The van der Waals surface area contributed by atoms with Gasteiger partial charge in [-0.1, -0.05) is 19.8 Å². The monoisotopic (exact) mass is 270 g/mol. The van der Waals surface area contributed by atoms with Gasteiger partial charge in [-0.25, -0.2) is 0 Å². The second kappa shape index (κ2) is 8.54. The van der Waals surface area contributed by atoms with E-state index in [1.165, 1.54) is 25.7 Å². The third kappa shape index (κ3) is 5.11. The number of amides is 1. The average molecular weight is 270 g/mol. The molecule has 0 saturated heterocycles. The summed E-state index contributed by atoms with van der Waals surface area (Å²) in [6.07, 6.45) is 5.46. The zero-order valence-electron chi connectivity index (χ0n) is 12.9. The lowest BCUT2D eigenvalue weighted by Crippen LogP contribution is -2.47. The van der Waals surface area contributed by atoms with E-state index in [2.05, 4.69) is 24.1 Å². The summed E-state index contributed by atoms with van der Waals surface area (Å²) in [5.41, 5.74) is 0. The summed E-state index contributed by atoms with van der Waals surface area (Å²) in [5.74, 6) is 0.673. The highest BCUT2D eigenvalue weighted by Crippen LogP contribution is 2.31. The smallest absolute Gasteiger partial charge is 0.216 e. The lowest BCUT2D eigenvalue weighted by atomic mass is 9.81. The maximum atomic E-state index is 10.9. The van der Waals surface area contributed by atoms with Gasteiger partial charge in [0.1, 0.15) is 0 Å². The Morgan fingerprint density at radius 1 is 1.42 bits per heavy atom. The number of ether oxygens (including phenoxy) is 1. The Bertz CT molecular complexity index is 271. The molecule has 0 aromatic rings. The van der Waals surface area contributed by atoms with Gasteiger partial charge in [0.2, 0.25) is 5.91 Å². The molecule has 19 heavy (non-hydrogen) atoms. The maximum Gasteiger partial charge on any atom is 0.216 e. The molecule has 0 spiro atoms. The molecule has 1 aliphatic carbocycles. The van der Waals surface area contributed by atoms with Crippen molar-refractivity contribution >= 4 is 5.91 Å². The number of rotatable bonds is 7. The first-order valence-electron chi connectivity index (χ1n) is 7.61. The number of hydrogen-bond donors (Lipinski definition) is 1. The number of carbonyl (C=O) groups is 1. The van der Waals surface area contributed by atoms with Gasteiger partial charge < -0.3 is 10.1 Å². The summed E-state index contributed by atoms with van der Waals surface area (Å²) >= 11 is 0. The van der Waals surface area contributed by atoms with Crippen LogP contribution < -0.4 is 5.32 Å². The van der Waals surface area contributed by atoms with Gasteiger partial charge in [-0.3, -0.25) is 9.69 Å². The molecule has 0 aromatic heterocycles. The predicted octanol–water partition coefficient (Wildman–Crippen LogP) is 2.04. The van der Waals surface area contributed by atoms with E-state index in [0.717, 1.165) is 19.6 Å². The van der Waals surface area contributed by atoms with Crippen LogP contribution in [0.4, 0.5) is 0 Å². The molecule has 1 aliphatic rings. The van der Waals surface area contributed by atoms with Gasteiger partial charge in [-0.05, 0) is 26.3 Å². The summed E-state index contributed by atoms with van der Waals surface area (Å²) in [7, 11) is 1.84. The van der Waals surface area contributed by atoms with Crippen molar-refractivity contribution in [1.82, 2.24) is 10.2 Å². The highest BCUT2D eigenvalue weighted by molar-refractivity contribution is 5.72. The number of nitrogens with zero attached hydrogens (tertiary/aromatic N) is 1. The van der Waals surface area contributed by atoms with Crippen LogP contribution in [0.3, 0.4) is 0 Å². The second-order valence-electron chi connectivity index (χ2n) is 5.57. The van der Waals surface area contributed by atoms with Crippen molar-refractivity contribution in [2.75, 3.05) is 26.7 Å². The van der Waals surface area contributed by atoms with Crippen LogP contribution in [0.15, 0.2) is 0 Å². The van der Waals surface area contributed by atoms with Crippen LogP contribution in [0.1, 0.15) is 46.5 Å². The highest BCUT2D eigenvalue weighted by atomic mass is 16.5. The van der Waals surface area contributed by atoms with Crippen molar-refractivity contribution in [3.8, 4) is 0 Å². The van der Waals surface area contributed by atoms with Crippen molar-refractivity contribution in [1.29, 1.82) is 0 Å². The maximum absolute atomic E-state index is 10.9. The molecule has 3 atom stereocenters. The number of methoxy groups -OCH3 is 1. The molecule has 0 heterocycles. The van der Waals surface area contributed by atoms with Gasteiger partial charge >= 0.3 is 0 Å². The molecule has 1 N–H and O–H groups in total. The van der Waals surface area contributed by atoms with Crippen LogP contribution >= 0.6 is 0 Å². The molecule has 3 unspecified atom stereocenters. The van der Waals surface area contributed by atoms with Crippen LogP contribution in [-0.2, 0) is 9.53 Å². The minimum atomic E-state index is 0.0520. The first kappa shape index (κ1) is 16.4. The summed E-state index contributed by atoms with van der Waals surface area (Å²) in [6, 6.07) is 0.518. The van der Waals surface area contributed by atoms with Crippen LogP contribution in [-0.4, -0.2) is 49.7 Å². The van der Waals surface area contributed by atoms with E-state index < -0.39 is 0 Å². The predicted molar refractivity (Wildman–Crippen MR) is 78.1 cm³/mol. The molecule has 0 bridgehead atoms. The van der Waals surface area contributed by atoms with Crippen molar-refractivity contribution in [2.24, 2.45) is 5.92 Å². The quantitative estimate of drug-likeness (QED) is 0.770. The van der Waals surface area contributed by atoms with E-state index in [4.69, 9.17) is 4.74 Å². The van der Waals surface area contributed by atoms with E-state index in [1.54, 1.807) is 6.92 Å². The molecule has 0 aromatic carbocycles. The normalized spacial score (nSPS) is 25.3. The Labute approximate surface area is 117 Å². The summed E-state index contributed by atoms with van der Waals surface area (Å²) < 4.78 is 5.67. The third-order valence-electron chi connectivity index (χ3n) is 4.43. The zero-order chi connectivity index (χ0) is 14.3. The molecule has 1 fully saturated rings. The van der Waals surface area contributed by atoms with Crippen LogP contribution in [0.25, 0.3) is 0 Å². The fourth-order valence-electron chi connectivity index (χ4n) is 3.27.